The minimum absolute atomic E-state index is 0.0452. The third-order valence-electron chi connectivity index (χ3n) is 4.71. The Morgan fingerprint density at radius 3 is 2.83 bits per heavy atom. The molecule has 0 radical (unpaired) electrons. The van der Waals surface area contributed by atoms with Crippen molar-refractivity contribution in [2.45, 2.75) is 38.3 Å². The van der Waals surface area contributed by atoms with E-state index in [9.17, 15) is 0 Å². The molecule has 0 aliphatic carbocycles. The van der Waals surface area contributed by atoms with Crippen LogP contribution in [0.5, 0.6) is 0 Å². The van der Waals surface area contributed by atoms with Crippen molar-refractivity contribution in [3.63, 3.8) is 0 Å². The van der Waals surface area contributed by atoms with E-state index in [1.807, 2.05) is 25.1 Å². The molecule has 1 fully saturated rings. The number of hydrogen-bond donors (Lipinski definition) is 0. The maximum atomic E-state index is 5.75. The van der Waals surface area contributed by atoms with Gasteiger partial charge in [-0.25, -0.2) is 4.98 Å². The number of methoxy groups -OCH3 is 1. The number of likely N-dealkylation sites (tertiary alicyclic amines) is 1. The van der Waals surface area contributed by atoms with Gasteiger partial charge in [-0.1, -0.05) is 6.08 Å². The first-order valence-electron chi connectivity index (χ1n) is 8.04. The molecule has 0 saturated carbocycles. The number of aromatic nitrogens is 1. The van der Waals surface area contributed by atoms with E-state index in [0.29, 0.717) is 11.7 Å². The lowest BCUT2D eigenvalue weighted by molar-refractivity contribution is -0.0561. The van der Waals surface area contributed by atoms with Crippen molar-refractivity contribution in [2.24, 2.45) is 0 Å². The monoisotopic (exact) mass is 316 g/mol. The topological polar surface area (TPSA) is 51.6 Å². The molecule has 2 aromatic rings. The number of ether oxygens (including phenoxy) is 1. The summed E-state index contributed by atoms with van der Waals surface area (Å²) in [6, 6.07) is 3.70. The van der Waals surface area contributed by atoms with Gasteiger partial charge in [0, 0.05) is 26.7 Å². The van der Waals surface area contributed by atoms with Crippen LogP contribution >= 0.6 is 0 Å². The van der Waals surface area contributed by atoms with Crippen molar-refractivity contribution >= 4 is 0 Å². The molecule has 1 aliphatic rings. The molecule has 0 aromatic carbocycles. The van der Waals surface area contributed by atoms with Gasteiger partial charge < -0.3 is 13.6 Å². The van der Waals surface area contributed by atoms with Gasteiger partial charge in [-0.3, -0.25) is 4.90 Å². The summed E-state index contributed by atoms with van der Waals surface area (Å²) in [7, 11) is 1.80. The third-order valence-corrected chi connectivity index (χ3v) is 4.71. The lowest BCUT2D eigenvalue weighted by Crippen LogP contribution is -2.45. The van der Waals surface area contributed by atoms with E-state index in [-0.39, 0.29) is 5.60 Å². The molecule has 1 saturated heterocycles. The fourth-order valence-corrected chi connectivity index (χ4v) is 3.17. The summed E-state index contributed by atoms with van der Waals surface area (Å²) in [4.78, 5) is 6.99. The van der Waals surface area contributed by atoms with Crippen LogP contribution in [0.2, 0.25) is 0 Å². The quantitative estimate of drug-likeness (QED) is 0.759. The molecule has 5 heteroatoms. The smallest absolute Gasteiger partial charge is 0.263 e. The minimum Gasteiger partial charge on any atom is -0.459 e. The number of aryl methyl sites for hydroxylation is 1. The van der Waals surface area contributed by atoms with E-state index in [0.717, 1.165) is 50.4 Å². The summed E-state index contributed by atoms with van der Waals surface area (Å²) < 4.78 is 16.8. The SMILES string of the molecule is C=CCC1(OC)CCN(Cc2nc(-c3ccco3)oc2C)CC1. The van der Waals surface area contributed by atoms with Gasteiger partial charge in [-0.05, 0) is 38.3 Å². The van der Waals surface area contributed by atoms with Crippen molar-refractivity contribution in [2.75, 3.05) is 20.2 Å². The van der Waals surface area contributed by atoms with Crippen LogP contribution in [0.4, 0.5) is 0 Å². The van der Waals surface area contributed by atoms with Crippen LogP contribution in [0.15, 0.2) is 39.9 Å². The van der Waals surface area contributed by atoms with Gasteiger partial charge in [0.25, 0.3) is 5.89 Å². The Balaban J connectivity index is 1.64. The number of nitrogens with zero attached hydrogens (tertiary/aromatic N) is 2. The average Bonchev–Trinajstić information content (AvgIpc) is 3.20. The number of rotatable bonds is 6. The lowest BCUT2D eigenvalue weighted by atomic mass is 9.88. The highest BCUT2D eigenvalue weighted by Gasteiger charge is 2.33. The van der Waals surface area contributed by atoms with Gasteiger partial charge in [0.1, 0.15) is 5.76 Å². The van der Waals surface area contributed by atoms with Crippen molar-refractivity contribution in [3.8, 4) is 11.7 Å². The van der Waals surface area contributed by atoms with E-state index < -0.39 is 0 Å². The second-order valence-corrected chi connectivity index (χ2v) is 6.16. The molecule has 0 N–H and O–H groups in total. The van der Waals surface area contributed by atoms with Gasteiger partial charge in [-0.15, -0.1) is 6.58 Å². The van der Waals surface area contributed by atoms with Crippen LogP contribution in [0, 0.1) is 6.92 Å². The zero-order valence-electron chi connectivity index (χ0n) is 13.9. The predicted molar refractivity (Wildman–Crippen MR) is 88.0 cm³/mol. The summed E-state index contributed by atoms with van der Waals surface area (Å²) in [5, 5.41) is 0. The van der Waals surface area contributed by atoms with Gasteiger partial charge in [0.2, 0.25) is 0 Å². The molecule has 2 aromatic heterocycles. The molecule has 3 rings (SSSR count). The summed E-state index contributed by atoms with van der Waals surface area (Å²) in [6.45, 7) is 8.58. The van der Waals surface area contributed by atoms with Crippen LogP contribution in [0.25, 0.3) is 11.7 Å². The fourth-order valence-electron chi connectivity index (χ4n) is 3.17. The Kier molecular flexibility index (Phi) is 4.68. The second kappa shape index (κ2) is 6.72. The largest absolute Gasteiger partial charge is 0.459 e. The molecular weight excluding hydrogens is 292 g/mol. The molecule has 3 heterocycles. The molecule has 5 nitrogen and oxygen atoms in total. The Morgan fingerprint density at radius 2 is 2.22 bits per heavy atom. The molecule has 1 aliphatic heterocycles. The third kappa shape index (κ3) is 3.41. The number of piperidine rings is 1. The van der Waals surface area contributed by atoms with E-state index >= 15 is 0 Å². The highest BCUT2D eigenvalue weighted by molar-refractivity contribution is 5.44. The Morgan fingerprint density at radius 1 is 1.43 bits per heavy atom. The lowest BCUT2D eigenvalue weighted by Gasteiger charge is -2.40. The maximum Gasteiger partial charge on any atom is 0.263 e. The highest BCUT2D eigenvalue weighted by Crippen LogP contribution is 2.31. The van der Waals surface area contributed by atoms with Gasteiger partial charge in [0.15, 0.2) is 5.76 Å². The first kappa shape index (κ1) is 16.0. The molecule has 0 amide bonds. The van der Waals surface area contributed by atoms with Crippen LogP contribution in [0.1, 0.15) is 30.7 Å². The van der Waals surface area contributed by atoms with E-state index in [2.05, 4.69) is 16.5 Å². The van der Waals surface area contributed by atoms with Crippen LogP contribution < -0.4 is 0 Å². The molecule has 23 heavy (non-hydrogen) atoms. The standard InChI is InChI=1S/C18H24N2O3/c1-4-7-18(21-3)8-10-20(11-9-18)13-15-14(2)23-17(19-15)16-6-5-12-22-16/h4-6,12H,1,7-11,13H2,2-3H3. The molecule has 124 valence electrons. The molecule has 0 bridgehead atoms. The number of hydrogen-bond acceptors (Lipinski definition) is 5. The molecular formula is C18H24N2O3. The summed E-state index contributed by atoms with van der Waals surface area (Å²) in [6.07, 6.45) is 6.51. The van der Waals surface area contributed by atoms with Gasteiger partial charge in [0.05, 0.1) is 17.6 Å². The molecule has 0 unspecified atom stereocenters. The Labute approximate surface area is 136 Å². The Bertz CT molecular complexity index is 637. The van der Waals surface area contributed by atoms with Crippen molar-refractivity contribution in [1.29, 1.82) is 0 Å². The summed E-state index contributed by atoms with van der Waals surface area (Å²) >= 11 is 0. The highest BCUT2D eigenvalue weighted by atomic mass is 16.5. The second-order valence-electron chi connectivity index (χ2n) is 6.16. The normalized spacial score (nSPS) is 18.2. The van der Waals surface area contributed by atoms with E-state index in [1.54, 1.807) is 13.4 Å². The Hall–Kier alpha value is -1.85. The van der Waals surface area contributed by atoms with Gasteiger partial charge in [-0.2, -0.15) is 0 Å². The van der Waals surface area contributed by atoms with Crippen molar-refractivity contribution in [3.05, 3.63) is 42.5 Å². The maximum absolute atomic E-state index is 5.75. The van der Waals surface area contributed by atoms with Gasteiger partial charge >= 0.3 is 0 Å². The average molecular weight is 316 g/mol. The van der Waals surface area contributed by atoms with Crippen LogP contribution in [-0.2, 0) is 11.3 Å². The molecule has 0 atom stereocenters. The summed E-state index contributed by atoms with van der Waals surface area (Å²) in [5.41, 5.74) is 0.932. The number of oxazole rings is 1. The van der Waals surface area contributed by atoms with Crippen LogP contribution in [0.3, 0.4) is 0 Å². The van der Waals surface area contributed by atoms with Crippen molar-refractivity contribution in [1.82, 2.24) is 9.88 Å². The first-order valence-corrected chi connectivity index (χ1v) is 8.04. The van der Waals surface area contributed by atoms with Crippen molar-refractivity contribution < 1.29 is 13.6 Å². The first-order chi connectivity index (χ1) is 11.2. The summed E-state index contributed by atoms with van der Waals surface area (Å²) in [5.74, 6) is 2.07. The molecule has 0 spiro atoms. The van der Waals surface area contributed by atoms with Crippen LogP contribution in [-0.4, -0.2) is 35.7 Å². The zero-order chi connectivity index (χ0) is 16.3. The zero-order valence-corrected chi connectivity index (χ0v) is 13.9. The predicted octanol–water partition coefficient (Wildman–Crippen LogP) is 3.80. The number of furan rings is 1. The fraction of sp³-hybridized carbons (Fsp3) is 0.500. The van der Waals surface area contributed by atoms with E-state index in [4.69, 9.17) is 13.6 Å². The minimum atomic E-state index is -0.0452. The van der Waals surface area contributed by atoms with E-state index in [1.165, 1.54) is 0 Å².